The van der Waals surface area contributed by atoms with Gasteiger partial charge in [0.05, 0.1) is 6.67 Å². The summed E-state index contributed by atoms with van der Waals surface area (Å²) in [5.74, 6) is 0.639. The van der Waals surface area contributed by atoms with Crippen molar-refractivity contribution in [3.8, 4) is 0 Å². The Morgan fingerprint density at radius 1 is 1.56 bits per heavy atom. The van der Waals surface area contributed by atoms with E-state index in [0.717, 1.165) is 6.42 Å². The van der Waals surface area contributed by atoms with E-state index in [2.05, 4.69) is 4.98 Å². The van der Waals surface area contributed by atoms with Crippen molar-refractivity contribution in [3.63, 3.8) is 0 Å². The Morgan fingerprint density at radius 2 is 2.25 bits per heavy atom. The van der Waals surface area contributed by atoms with Gasteiger partial charge in [-0.1, -0.05) is 6.92 Å². The highest BCUT2D eigenvalue weighted by Gasteiger charge is 2.15. The number of aromatic nitrogens is 2. The van der Waals surface area contributed by atoms with Gasteiger partial charge >= 0.3 is 0 Å². The summed E-state index contributed by atoms with van der Waals surface area (Å²) in [7, 11) is -3.77. The smallest absolute Gasteiger partial charge is 0.257 e. The molecule has 0 aromatic carbocycles. The third-order valence-electron chi connectivity index (χ3n) is 2.13. The molecular weight excluding hydrogens is 233 g/mol. The maximum atomic E-state index is 12.1. The summed E-state index contributed by atoms with van der Waals surface area (Å²) in [4.78, 5) is 3.95. The van der Waals surface area contributed by atoms with Gasteiger partial charge in [0.1, 0.15) is 5.82 Å². The van der Waals surface area contributed by atoms with Crippen LogP contribution in [0.25, 0.3) is 0 Å². The van der Waals surface area contributed by atoms with Gasteiger partial charge in [0.2, 0.25) is 0 Å². The number of sulfonamides is 1. The molecule has 1 aromatic heterocycles. The fourth-order valence-corrected chi connectivity index (χ4v) is 1.92. The Balaban J connectivity index is 3.00. The number of primary sulfonamides is 1. The largest absolute Gasteiger partial charge is 0.333 e. The highest BCUT2D eigenvalue weighted by Crippen LogP contribution is 2.10. The van der Waals surface area contributed by atoms with Crippen molar-refractivity contribution < 1.29 is 12.8 Å². The van der Waals surface area contributed by atoms with Crippen molar-refractivity contribution >= 4 is 10.0 Å². The minimum atomic E-state index is -3.77. The van der Waals surface area contributed by atoms with Gasteiger partial charge in [-0.25, -0.2) is 18.5 Å². The van der Waals surface area contributed by atoms with E-state index in [1.165, 1.54) is 6.20 Å². The first-order valence-corrected chi connectivity index (χ1v) is 6.68. The first-order valence-electron chi connectivity index (χ1n) is 5.14. The van der Waals surface area contributed by atoms with E-state index in [9.17, 15) is 12.8 Å². The average Bonchev–Trinajstić information content (AvgIpc) is 2.58. The molecule has 92 valence electrons. The molecule has 0 aliphatic rings. The number of nitrogens with two attached hydrogens (primary N) is 1. The molecule has 0 bridgehead atoms. The quantitative estimate of drug-likeness (QED) is 0.811. The molecule has 16 heavy (non-hydrogen) atoms. The second-order valence-electron chi connectivity index (χ2n) is 3.53. The van der Waals surface area contributed by atoms with Crippen molar-refractivity contribution in [1.29, 1.82) is 0 Å². The topological polar surface area (TPSA) is 78.0 Å². The molecule has 2 N–H and O–H groups in total. The summed E-state index contributed by atoms with van der Waals surface area (Å²) in [6.07, 6.45) is 3.21. The van der Waals surface area contributed by atoms with Crippen molar-refractivity contribution in [2.75, 3.05) is 6.67 Å². The monoisotopic (exact) mass is 249 g/mol. The predicted octanol–water partition coefficient (Wildman–Crippen LogP) is 0.843. The van der Waals surface area contributed by atoms with E-state index in [-0.39, 0.29) is 5.03 Å². The molecule has 1 aromatic rings. The van der Waals surface area contributed by atoms with E-state index in [1.54, 1.807) is 4.57 Å². The van der Waals surface area contributed by atoms with E-state index < -0.39 is 16.7 Å². The van der Waals surface area contributed by atoms with Crippen LogP contribution >= 0.6 is 0 Å². The van der Waals surface area contributed by atoms with Crippen LogP contribution in [0.1, 0.15) is 25.6 Å². The van der Waals surface area contributed by atoms with Crippen molar-refractivity contribution in [3.05, 3.63) is 12.0 Å². The minimum Gasteiger partial charge on any atom is -0.333 e. The van der Waals surface area contributed by atoms with Crippen LogP contribution in [0.15, 0.2) is 11.2 Å². The summed E-state index contributed by atoms with van der Waals surface area (Å²) < 4.78 is 35.9. The molecule has 0 aliphatic carbocycles. The zero-order valence-corrected chi connectivity index (χ0v) is 10.0. The minimum absolute atomic E-state index is 0.144. The molecular formula is C9H16FN3O2S. The lowest BCUT2D eigenvalue weighted by Crippen LogP contribution is -2.12. The van der Waals surface area contributed by atoms with Crippen LogP contribution in [0.3, 0.4) is 0 Å². The molecule has 0 saturated heterocycles. The molecule has 0 amide bonds. The molecule has 1 heterocycles. The maximum absolute atomic E-state index is 12.1. The fraction of sp³-hybridized carbons (Fsp3) is 0.667. The molecule has 0 spiro atoms. The number of halogens is 1. The summed E-state index contributed by atoms with van der Waals surface area (Å²) in [5.41, 5.74) is 0. The Morgan fingerprint density at radius 3 is 2.75 bits per heavy atom. The second-order valence-corrected chi connectivity index (χ2v) is 5.03. The zero-order chi connectivity index (χ0) is 12.2. The SMILES string of the molecule is CCCc1nc(S(N)(=O)=O)cn1CCCF. The van der Waals surface area contributed by atoms with Crippen LogP contribution in [0, 0.1) is 0 Å². The normalized spacial score (nSPS) is 11.9. The lowest BCUT2D eigenvalue weighted by Gasteiger charge is -2.04. The lowest BCUT2D eigenvalue weighted by atomic mass is 10.3. The second kappa shape index (κ2) is 5.40. The van der Waals surface area contributed by atoms with Crippen LogP contribution in [-0.4, -0.2) is 24.6 Å². The number of aryl methyl sites for hydroxylation is 2. The van der Waals surface area contributed by atoms with Gasteiger partial charge in [0, 0.05) is 19.2 Å². The third kappa shape index (κ3) is 3.28. The van der Waals surface area contributed by atoms with E-state index in [0.29, 0.717) is 25.2 Å². The Bertz CT molecular complexity index is 442. The molecule has 0 radical (unpaired) electrons. The number of hydrogen-bond acceptors (Lipinski definition) is 3. The average molecular weight is 249 g/mol. The Hall–Kier alpha value is -0.950. The van der Waals surface area contributed by atoms with E-state index in [1.807, 2.05) is 6.92 Å². The predicted molar refractivity (Wildman–Crippen MR) is 58.2 cm³/mol. The van der Waals surface area contributed by atoms with Crippen molar-refractivity contribution in [1.82, 2.24) is 9.55 Å². The highest BCUT2D eigenvalue weighted by atomic mass is 32.2. The molecule has 0 aliphatic heterocycles. The summed E-state index contributed by atoms with van der Waals surface area (Å²) in [6, 6.07) is 0. The molecule has 0 atom stereocenters. The molecule has 0 fully saturated rings. The van der Waals surface area contributed by atoms with E-state index in [4.69, 9.17) is 5.14 Å². The Kier molecular flexibility index (Phi) is 4.43. The summed E-state index contributed by atoms with van der Waals surface area (Å²) in [6.45, 7) is 1.95. The molecule has 1 rings (SSSR count). The van der Waals surface area contributed by atoms with Crippen molar-refractivity contribution in [2.24, 2.45) is 5.14 Å². The maximum Gasteiger partial charge on any atom is 0.257 e. The van der Waals surface area contributed by atoms with Crippen LogP contribution in [0.2, 0.25) is 0 Å². The van der Waals surface area contributed by atoms with Gasteiger partial charge < -0.3 is 4.57 Å². The molecule has 0 unspecified atom stereocenters. The van der Waals surface area contributed by atoms with Crippen molar-refractivity contribution in [2.45, 2.75) is 37.8 Å². The van der Waals surface area contributed by atoms with Gasteiger partial charge in [-0.3, -0.25) is 4.39 Å². The lowest BCUT2D eigenvalue weighted by molar-refractivity contribution is 0.442. The van der Waals surface area contributed by atoms with Crippen LogP contribution in [0.4, 0.5) is 4.39 Å². The number of rotatable bonds is 6. The first-order chi connectivity index (χ1) is 7.49. The van der Waals surface area contributed by atoms with Crippen LogP contribution in [0.5, 0.6) is 0 Å². The number of nitrogens with zero attached hydrogens (tertiary/aromatic N) is 2. The number of imidazole rings is 1. The molecule has 0 saturated carbocycles. The molecule has 7 heteroatoms. The van der Waals surface area contributed by atoms with Crippen LogP contribution < -0.4 is 5.14 Å². The summed E-state index contributed by atoms with van der Waals surface area (Å²) >= 11 is 0. The first kappa shape index (κ1) is 13.1. The molecule has 5 nitrogen and oxygen atoms in total. The van der Waals surface area contributed by atoms with Crippen LogP contribution in [-0.2, 0) is 23.0 Å². The standard InChI is InChI=1S/C9H16FN3O2S/c1-2-4-8-12-9(16(11,14)15)7-13(8)6-3-5-10/h7H,2-6H2,1H3,(H2,11,14,15). The van der Waals surface area contributed by atoms with Gasteiger partial charge in [0.25, 0.3) is 10.0 Å². The Labute approximate surface area is 94.5 Å². The zero-order valence-electron chi connectivity index (χ0n) is 9.19. The fourth-order valence-electron chi connectivity index (χ4n) is 1.41. The van der Waals surface area contributed by atoms with Gasteiger partial charge in [0.15, 0.2) is 5.03 Å². The van der Waals surface area contributed by atoms with Gasteiger partial charge in [-0.05, 0) is 12.8 Å². The van der Waals surface area contributed by atoms with Gasteiger partial charge in [-0.2, -0.15) is 0 Å². The summed E-state index contributed by atoms with van der Waals surface area (Å²) in [5, 5.41) is 4.84. The number of alkyl halides is 1. The third-order valence-corrected chi connectivity index (χ3v) is 2.91. The highest BCUT2D eigenvalue weighted by molar-refractivity contribution is 7.89. The van der Waals surface area contributed by atoms with Gasteiger partial charge in [-0.15, -0.1) is 0 Å². The van der Waals surface area contributed by atoms with E-state index >= 15 is 0 Å². The number of hydrogen-bond donors (Lipinski definition) is 1.